The number of carbonyl (C=O) groups excluding carboxylic acids is 1. The van der Waals surface area contributed by atoms with Gasteiger partial charge in [-0.15, -0.1) is 5.10 Å². The van der Waals surface area contributed by atoms with Crippen molar-refractivity contribution in [2.45, 2.75) is 6.18 Å². The normalized spacial score (nSPS) is 11.6. The van der Waals surface area contributed by atoms with Crippen LogP contribution in [0.15, 0.2) is 51.8 Å². The van der Waals surface area contributed by atoms with E-state index in [4.69, 9.17) is 4.42 Å². The highest BCUT2D eigenvalue weighted by Gasteiger charge is 2.37. The number of nitrogens with zero attached hydrogens (tertiary/aromatic N) is 5. The number of para-hydroxylation sites is 1. The number of halogens is 5. The van der Waals surface area contributed by atoms with Crippen LogP contribution >= 0.6 is 0 Å². The van der Waals surface area contributed by atoms with Crippen LogP contribution in [0.3, 0.4) is 0 Å². The second-order valence-corrected chi connectivity index (χ2v) is 6.58. The van der Waals surface area contributed by atoms with E-state index < -0.39 is 46.7 Å². The molecule has 14 heteroatoms. The summed E-state index contributed by atoms with van der Waals surface area (Å²) in [6.45, 7) is 0. The van der Waals surface area contributed by atoms with Gasteiger partial charge in [-0.2, -0.15) is 23.0 Å². The second kappa shape index (κ2) is 7.96. The molecule has 0 fully saturated rings. The van der Waals surface area contributed by atoms with Crippen LogP contribution < -0.4 is 11.1 Å². The average molecular weight is 466 g/mol. The largest absolute Gasteiger partial charge is 0.437 e. The van der Waals surface area contributed by atoms with E-state index in [0.717, 1.165) is 41.2 Å². The maximum Gasteiger partial charge on any atom is 0.437 e. The highest BCUT2D eigenvalue weighted by molar-refractivity contribution is 6.04. The molecule has 0 spiro atoms. The SMILES string of the molecule is Cn1nc(-c2cc(C(F)(F)F)n(-c3ccc(C(=O)Nc4c(F)cccc4F)cn3)n2)oc1=O. The molecule has 0 aliphatic carbocycles. The predicted molar refractivity (Wildman–Crippen MR) is 101 cm³/mol. The molecule has 4 aromatic rings. The van der Waals surface area contributed by atoms with E-state index in [-0.39, 0.29) is 17.1 Å². The van der Waals surface area contributed by atoms with Gasteiger partial charge in [0, 0.05) is 19.3 Å². The summed E-state index contributed by atoms with van der Waals surface area (Å²) in [6, 6.07) is 5.76. The number of hydrogen-bond acceptors (Lipinski definition) is 6. The molecule has 0 bridgehead atoms. The number of aromatic nitrogens is 5. The standard InChI is InChI=1S/C19H11F5N6O3/c1-29-18(32)33-17(28-29)12-7-13(19(22,23)24)30(27-12)14-6-5-9(8-25-14)16(31)26-15-10(20)3-2-4-11(15)21/h2-8H,1H3,(H,26,31). The van der Waals surface area contributed by atoms with E-state index >= 15 is 0 Å². The highest BCUT2D eigenvalue weighted by atomic mass is 19.4. The van der Waals surface area contributed by atoms with Crippen LogP contribution in [0.2, 0.25) is 0 Å². The molecule has 0 aliphatic rings. The number of rotatable bonds is 4. The molecule has 33 heavy (non-hydrogen) atoms. The predicted octanol–water partition coefficient (Wildman–Crippen LogP) is 3.17. The average Bonchev–Trinajstić information content (AvgIpc) is 3.35. The maximum atomic E-state index is 13.7. The summed E-state index contributed by atoms with van der Waals surface area (Å²) < 4.78 is 74.0. The van der Waals surface area contributed by atoms with E-state index in [1.807, 2.05) is 5.32 Å². The van der Waals surface area contributed by atoms with Gasteiger partial charge in [-0.1, -0.05) is 6.07 Å². The minimum Gasteiger partial charge on any atom is -0.386 e. The van der Waals surface area contributed by atoms with Crippen LogP contribution in [-0.2, 0) is 13.2 Å². The fraction of sp³-hybridized carbons (Fsp3) is 0.105. The lowest BCUT2D eigenvalue weighted by Gasteiger charge is -2.10. The van der Waals surface area contributed by atoms with Crippen molar-refractivity contribution in [3.63, 3.8) is 0 Å². The molecule has 1 N–H and O–H groups in total. The minimum absolute atomic E-state index is 0.182. The third-order valence-electron chi connectivity index (χ3n) is 4.34. The maximum absolute atomic E-state index is 13.7. The van der Waals surface area contributed by atoms with Crippen LogP contribution in [-0.4, -0.2) is 30.5 Å². The Morgan fingerprint density at radius 2 is 1.79 bits per heavy atom. The number of hydrogen-bond donors (Lipinski definition) is 1. The number of amides is 1. The number of nitrogens with one attached hydrogen (secondary N) is 1. The first-order valence-electron chi connectivity index (χ1n) is 8.98. The Bertz CT molecular complexity index is 1380. The van der Waals surface area contributed by atoms with Crippen LogP contribution in [0.5, 0.6) is 0 Å². The van der Waals surface area contributed by atoms with Gasteiger partial charge in [-0.05, 0) is 24.3 Å². The number of benzene rings is 1. The summed E-state index contributed by atoms with van der Waals surface area (Å²) in [5, 5.41) is 9.46. The zero-order valence-corrected chi connectivity index (χ0v) is 16.4. The van der Waals surface area contributed by atoms with Crippen molar-refractivity contribution in [3.05, 3.63) is 76.0 Å². The molecular weight excluding hydrogens is 455 g/mol. The zero-order valence-electron chi connectivity index (χ0n) is 16.4. The summed E-state index contributed by atoms with van der Waals surface area (Å²) in [6.07, 6.45) is -3.95. The van der Waals surface area contributed by atoms with E-state index in [2.05, 4.69) is 15.2 Å². The molecule has 0 saturated heterocycles. The van der Waals surface area contributed by atoms with Crippen molar-refractivity contribution in [3.8, 4) is 17.4 Å². The minimum atomic E-state index is -4.86. The van der Waals surface area contributed by atoms with Crippen molar-refractivity contribution in [2.24, 2.45) is 7.05 Å². The second-order valence-electron chi connectivity index (χ2n) is 6.58. The third-order valence-corrected chi connectivity index (χ3v) is 4.34. The van der Waals surface area contributed by atoms with Crippen molar-refractivity contribution < 1.29 is 31.2 Å². The molecule has 0 atom stereocenters. The lowest BCUT2D eigenvalue weighted by molar-refractivity contribution is -0.142. The smallest absolute Gasteiger partial charge is 0.386 e. The van der Waals surface area contributed by atoms with Gasteiger partial charge in [0.05, 0.1) is 5.56 Å². The lowest BCUT2D eigenvalue weighted by Crippen LogP contribution is -2.16. The van der Waals surface area contributed by atoms with Gasteiger partial charge in [-0.25, -0.2) is 23.2 Å². The number of aryl methyl sites for hydroxylation is 1. The van der Waals surface area contributed by atoms with Crippen LogP contribution in [0.4, 0.5) is 27.6 Å². The van der Waals surface area contributed by atoms with Gasteiger partial charge < -0.3 is 9.73 Å². The Morgan fingerprint density at radius 1 is 1.09 bits per heavy atom. The fourth-order valence-corrected chi connectivity index (χ4v) is 2.76. The molecular formula is C19H11F5N6O3. The number of alkyl halides is 3. The molecule has 170 valence electrons. The molecule has 1 amide bonds. The molecule has 0 unspecified atom stereocenters. The molecule has 0 radical (unpaired) electrons. The van der Waals surface area contributed by atoms with E-state index in [9.17, 15) is 31.5 Å². The van der Waals surface area contributed by atoms with Gasteiger partial charge in [0.25, 0.3) is 11.8 Å². The molecule has 3 heterocycles. The van der Waals surface area contributed by atoms with Crippen molar-refractivity contribution in [1.29, 1.82) is 0 Å². The number of anilines is 1. The number of carbonyl (C=O) groups is 1. The zero-order chi connectivity index (χ0) is 23.9. The van der Waals surface area contributed by atoms with E-state index in [1.165, 1.54) is 7.05 Å². The van der Waals surface area contributed by atoms with Crippen molar-refractivity contribution in [1.82, 2.24) is 24.5 Å². The van der Waals surface area contributed by atoms with Crippen molar-refractivity contribution in [2.75, 3.05) is 5.32 Å². The molecule has 0 saturated carbocycles. The Balaban J connectivity index is 1.67. The first-order valence-corrected chi connectivity index (χ1v) is 8.98. The van der Waals surface area contributed by atoms with Crippen molar-refractivity contribution >= 4 is 11.6 Å². The Morgan fingerprint density at radius 3 is 2.33 bits per heavy atom. The van der Waals surface area contributed by atoms with Gasteiger partial charge in [0.2, 0.25) is 0 Å². The Kier molecular flexibility index (Phi) is 5.27. The molecule has 0 aliphatic heterocycles. The molecule has 3 aromatic heterocycles. The van der Waals surface area contributed by atoms with Gasteiger partial charge in [-0.3, -0.25) is 4.79 Å². The number of pyridine rings is 1. The van der Waals surface area contributed by atoms with Gasteiger partial charge in [0.1, 0.15) is 17.3 Å². The van der Waals surface area contributed by atoms with E-state index in [0.29, 0.717) is 10.7 Å². The topological polar surface area (TPSA) is 108 Å². The first kappa shape index (κ1) is 21.9. The Labute approximate surface area is 180 Å². The third kappa shape index (κ3) is 4.22. The molecule has 1 aromatic carbocycles. The summed E-state index contributed by atoms with van der Waals surface area (Å²) in [4.78, 5) is 27.5. The van der Waals surface area contributed by atoms with Crippen LogP contribution in [0.1, 0.15) is 16.1 Å². The van der Waals surface area contributed by atoms with Gasteiger partial charge in [0.15, 0.2) is 17.2 Å². The quantitative estimate of drug-likeness (QED) is 0.463. The molecule has 9 nitrogen and oxygen atoms in total. The van der Waals surface area contributed by atoms with Gasteiger partial charge >= 0.3 is 11.9 Å². The first-order chi connectivity index (χ1) is 15.5. The lowest BCUT2D eigenvalue weighted by atomic mass is 10.2. The van der Waals surface area contributed by atoms with Crippen LogP contribution in [0, 0.1) is 11.6 Å². The fourth-order valence-electron chi connectivity index (χ4n) is 2.76. The monoisotopic (exact) mass is 466 g/mol. The summed E-state index contributed by atoms with van der Waals surface area (Å²) >= 11 is 0. The van der Waals surface area contributed by atoms with Crippen LogP contribution in [0.25, 0.3) is 17.4 Å². The highest BCUT2D eigenvalue weighted by Crippen LogP contribution is 2.33. The Hall–Kier alpha value is -4.36. The summed E-state index contributed by atoms with van der Waals surface area (Å²) in [5.74, 6) is -4.62. The summed E-state index contributed by atoms with van der Waals surface area (Å²) in [5.41, 5.74) is -2.49. The van der Waals surface area contributed by atoms with E-state index in [1.54, 1.807) is 0 Å². The molecule has 4 rings (SSSR count). The summed E-state index contributed by atoms with van der Waals surface area (Å²) in [7, 11) is 1.25.